The Hall–Kier alpha value is -4.04. The van der Waals surface area contributed by atoms with Crippen molar-refractivity contribution in [2.45, 2.75) is 130 Å². The highest BCUT2D eigenvalue weighted by molar-refractivity contribution is 7.09. The Morgan fingerprint density at radius 3 is 2.37 bits per heavy atom. The van der Waals surface area contributed by atoms with Crippen molar-refractivity contribution in [1.82, 2.24) is 25.4 Å². The average molecular weight is 772 g/mol. The first-order chi connectivity index (χ1) is 25.6. The number of phenolic OH excluding ortho intramolecular Hbond substituents is 1. The molecule has 1 saturated heterocycles. The number of likely N-dealkylation sites (tertiary alicyclic amines) is 1. The Balaban J connectivity index is 1.80. The number of amides is 3. The molecule has 6 unspecified atom stereocenters. The van der Waals surface area contributed by atoms with E-state index in [-0.39, 0.29) is 66.7 Å². The molecule has 1 aromatic heterocycles. The first kappa shape index (κ1) is 44.4. The van der Waals surface area contributed by atoms with E-state index in [0.717, 1.165) is 31.4 Å². The van der Waals surface area contributed by atoms with Gasteiger partial charge < -0.3 is 30.5 Å². The molecule has 0 saturated carbocycles. The predicted molar refractivity (Wildman–Crippen MR) is 208 cm³/mol. The second-order valence-electron chi connectivity index (χ2n) is 15.1. The molecule has 0 aliphatic carbocycles. The van der Waals surface area contributed by atoms with Gasteiger partial charge in [-0.15, -0.1) is 11.3 Å². The average Bonchev–Trinajstić information content (AvgIpc) is 3.61. The van der Waals surface area contributed by atoms with Crippen molar-refractivity contribution in [3.8, 4) is 5.75 Å². The lowest BCUT2D eigenvalue weighted by Gasteiger charge is -2.39. The molecule has 3 rings (SSSR count). The number of hydrogen-bond donors (Lipinski definition) is 4. The molecular formula is C40H61N5O8S. The third kappa shape index (κ3) is 13.4. The van der Waals surface area contributed by atoms with E-state index >= 15 is 0 Å². The van der Waals surface area contributed by atoms with Gasteiger partial charge >= 0.3 is 11.9 Å². The molecule has 2 aromatic rings. The van der Waals surface area contributed by atoms with Gasteiger partial charge in [0.1, 0.15) is 17.5 Å². The predicted octanol–water partition coefficient (Wildman–Crippen LogP) is 5.40. The number of piperidine rings is 1. The topological polar surface area (TPSA) is 178 Å². The largest absolute Gasteiger partial charge is 0.508 e. The van der Waals surface area contributed by atoms with Crippen molar-refractivity contribution in [3.05, 3.63) is 45.9 Å². The molecule has 13 nitrogen and oxygen atoms in total. The molecule has 6 atom stereocenters. The van der Waals surface area contributed by atoms with E-state index in [4.69, 9.17) is 4.74 Å². The number of aryl methyl sites for hydroxylation is 1. The van der Waals surface area contributed by atoms with Gasteiger partial charge in [-0.1, -0.05) is 66.5 Å². The number of phenols is 1. The van der Waals surface area contributed by atoms with Crippen molar-refractivity contribution in [1.29, 1.82) is 0 Å². The van der Waals surface area contributed by atoms with Crippen LogP contribution in [-0.2, 0) is 36.8 Å². The summed E-state index contributed by atoms with van der Waals surface area (Å²) in [5.74, 6) is -3.05. The smallest absolute Gasteiger partial charge is 0.307 e. The summed E-state index contributed by atoms with van der Waals surface area (Å²) in [6.07, 6.45) is 5.68. The van der Waals surface area contributed by atoms with Crippen LogP contribution in [0, 0.1) is 17.8 Å². The second-order valence-corrected chi connectivity index (χ2v) is 16.0. The van der Waals surface area contributed by atoms with Gasteiger partial charge in [0.25, 0.3) is 5.91 Å². The fourth-order valence-electron chi connectivity index (χ4n) is 6.81. The number of aromatic hydroxyl groups is 1. The van der Waals surface area contributed by atoms with Crippen LogP contribution in [-0.4, -0.2) is 99.1 Å². The molecular weight excluding hydrogens is 711 g/mol. The van der Waals surface area contributed by atoms with Crippen LogP contribution >= 0.6 is 11.3 Å². The van der Waals surface area contributed by atoms with Gasteiger partial charge in [-0.3, -0.25) is 28.9 Å². The van der Waals surface area contributed by atoms with Gasteiger partial charge in [-0.05, 0) is 81.6 Å². The van der Waals surface area contributed by atoms with Crippen LogP contribution in [0.25, 0.3) is 0 Å². The highest BCUT2D eigenvalue weighted by Gasteiger charge is 2.37. The van der Waals surface area contributed by atoms with E-state index in [1.54, 1.807) is 41.5 Å². The Labute approximate surface area is 324 Å². The number of nitrogens with zero attached hydrogens (tertiary/aromatic N) is 3. The standard InChI is InChI=1S/C40H61N5O8S/c1-8-12-35(47)53-24-45(39(50)36(26(5)9-2)43-38(49)33-13-10-11-20-44(33)7)32(25(3)4)18-19-34-42-31(23-54-34)37(48)41-29(21-27(6)40(51)52)22-28-14-16-30(46)17-15-28/h14-17,23,25-27,29,32-33,36,46H,8-13,18-22,24H2,1-7H3,(H,41,48)(H,43,49)(H,51,52). The summed E-state index contributed by atoms with van der Waals surface area (Å²) < 4.78 is 5.64. The summed E-state index contributed by atoms with van der Waals surface area (Å²) in [7, 11) is 1.93. The van der Waals surface area contributed by atoms with E-state index in [2.05, 4.69) is 15.6 Å². The normalized spacial score (nSPS) is 17.5. The maximum Gasteiger partial charge on any atom is 0.307 e. The number of benzene rings is 1. The number of ether oxygens (including phenoxy) is 1. The van der Waals surface area contributed by atoms with Crippen LogP contribution in [0.1, 0.15) is 114 Å². The van der Waals surface area contributed by atoms with Gasteiger partial charge in [-0.2, -0.15) is 0 Å². The van der Waals surface area contributed by atoms with Crippen molar-refractivity contribution >= 4 is 41.0 Å². The van der Waals surface area contributed by atoms with E-state index in [0.29, 0.717) is 37.1 Å². The lowest BCUT2D eigenvalue weighted by molar-refractivity contribution is -0.159. The summed E-state index contributed by atoms with van der Waals surface area (Å²) in [6, 6.07) is 4.59. The van der Waals surface area contributed by atoms with Crippen molar-refractivity contribution in [2.75, 3.05) is 20.3 Å². The Bertz CT molecular complexity index is 1530. The maximum absolute atomic E-state index is 14.5. The number of hydrogen-bond acceptors (Lipinski definition) is 10. The van der Waals surface area contributed by atoms with Gasteiger partial charge in [0.2, 0.25) is 11.8 Å². The fourth-order valence-corrected chi connectivity index (χ4v) is 7.60. The lowest BCUT2D eigenvalue weighted by atomic mass is 9.93. The van der Waals surface area contributed by atoms with E-state index in [1.165, 1.54) is 11.3 Å². The lowest BCUT2D eigenvalue weighted by Crippen LogP contribution is -2.59. The van der Waals surface area contributed by atoms with Gasteiger partial charge in [-0.25, -0.2) is 4.98 Å². The molecule has 54 heavy (non-hydrogen) atoms. The van der Waals surface area contributed by atoms with Crippen LogP contribution in [0.3, 0.4) is 0 Å². The fraction of sp³-hybridized carbons (Fsp3) is 0.650. The van der Waals surface area contributed by atoms with E-state index in [9.17, 15) is 34.2 Å². The molecule has 2 heterocycles. The molecule has 1 aromatic carbocycles. The van der Waals surface area contributed by atoms with E-state index < -0.39 is 35.8 Å². The summed E-state index contributed by atoms with van der Waals surface area (Å²) in [4.78, 5) is 73.9. The number of carboxylic acids is 1. The molecule has 1 aliphatic heterocycles. The molecule has 0 radical (unpaired) electrons. The van der Waals surface area contributed by atoms with Crippen LogP contribution in [0.4, 0.5) is 0 Å². The summed E-state index contributed by atoms with van der Waals surface area (Å²) in [6.45, 7) is 12.0. The molecule has 14 heteroatoms. The van der Waals surface area contributed by atoms with Crippen molar-refractivity contribution in [3.63, 3.8) is 0 Å². The third-order valence-corrected chi connectivity index (χ3v) is 11.3. The van der Waals surface area contributed by atoms with Gasteiger partial charge in [0, 0.05) is 30.3 Å². The number of carbonyl (C=O) groups is 5. The summed E-state index contributed by atoms with van der Waals surface area (Å²) in [5.41, 5.74) is 1.05. The number of aliphatic carboxylic acids is 1. The van der Waals surface area contributed by atoms with Crippen molar-refractivity contribution in [2.24, 2.45) is 17.8 Å². The highest BCUT2D eigenvalue weighted by atomic mass is 32.1. The first-order valence-electron chi connectivity index (χ1n) is 19.4. The first-order valence-corrected chi connectivity index (χ1v) is 20.3. The number of esters is 1. The second kappa shape index (κ2) is 21.7. The minimum absolute atomic E-state index is 0.0452. The third-order valence-electron chi connectivity index (χ3n) is 10.4. The Morgan fingerprint density at radius 2 is 1.76 bits per heavy atom. The zero-order valence-corrected chi connectivity index (χ0v) is 33.8. The Kier molecular flexibility index (Phi) is 17.9. The molecule has 4 N–H and O–H groups in total. The summed E-state index contributed by atoms with van der Waals surface area (Å²) >= 11 is 1.32. The number of aromatic nitrogens is 1. The summed E-state index contributed by atoms with van der Waals surface area (Å²) in [5, 5.41) is 27.6. The number of nitrogens with one attached hydrogen (secondary N) is 2. The molecule has 3 amide bonds. The van der Waals surface area contributed by atoms with Crippen LogP contribution in [0.5, 0.6) is 5.75 Å². The zero-order chi connectivity index (χ0) is 39.9. The van der Waals surface area contributed by atoms with Gasteiger partial charge in [0.15, 0.2) is 6.73 Å². The van der Waals surface area contributed by atoms with Crippen LogP contribution < -0.4 is 10.6 Å². The maximum atomic E-state index is 14.5. The SMILES string of the molecule is CCCC(=O)OCN(C(=O)C(NC(=O)C1CCCCN1C)C(C)CC)C(CCc1nc(C(=O)NC(Cc2ccc(O)cc2)CC(C)C(=O)O)cs1)C(C)C. The Morgan fingerprint density at radius 1 is 1.06 bits per heavy atom. The van der Waals surface area contributed by atoms with Crippen LogP contribution in [0.15, 0.2) is 29.6 Å². The van der Waals surface area contributed by atoms with E-state index in [1.807, 2.05) is 46.6 Å². The molecule has 1 aliphatic rings. The van der Waals surface area contributed by atoms with Crippen LogP contribution in [0.2, 0.25) is 0 Å². The highest BCUT2D eigenvalue weighted by Crippen LogP contribution is 2.24. The zero-order valence-electron chi connectivity index (χ0n) is 33.0. The number of carbonyl (C=O) groups excluding carboxylic acids is 4. The van der Waals surface area contributed by atoms with Crippen molar-refractivity contribution < 1.29 is 38.9 Å². The molecule has 0 bridgehead atoms. The number of rotatable bonds is 21. The van der Waals surface area contributed by atoms with Gasteiger partial charge in [0.05, 0.1) is 17.0 Å². The molecule has 300 valence electrons. The quantitative estimate of drug-likeness (QED) is 0.0949. The minimum atomic E-state index is -0.960. The number of likely N-dealkylation sites (N-methyl/N-ethyl adjacent to an activating group) is 1. The number of thiazole rings is 1. The molecule has 1 fully saturated rings. The minimum Gasteiger partial charge on any atom is -0.508 e. The number of carboxylic acid groups (broad SMARTS) is 1. The molecule has 0 spiro atoms. The monoisotopic (exact) mass is 771 g/mol.